The van der Waals surface area contributed by atoms with Crippen LogP contribution in [0.2, 0.25) is 5.02 Å². The van der Waals surface area contributed by atoms with E-state index in [0.29, 0.717) is 35.7 Å². The highest BCUT2D eigenvalue weighted by atomic mass is 35.5. The number of likely N-dealkylation sites (tertiary alicyclic amines) is 1. The number of carboxylic acids is 1. The van der Waals surface area contributed by atoms with Gasteiger partial charge in [-0.05, 0) is 61.4 Å². The van der Waals surface area contributed by atoms with Crippen LogP contribution in [0.15, 0.2) is 46.1 Å². The Bertz CT molecular complexity index is 1110. The van der Waals surface area contributed by atoms with Crippen molar-refractivity contribution < 1.29 is 19.7 Å². The Morgan fingerprint density at radius 1 is 1.41 bits per heavy atom. The van der Waals surface area contributed by atoms with Crippen LogP contribution in [0.3, 0.4) is 0 Å². The summed E-state index contributed by atoms with van der Waals surface area (Å²) in [6, 6.07) is 7.61. The molecule has 9 heteroatoms. The van der Waals surface area contributed by atoms with Crippen LogP contribution < -0.4 is 4.74 Å². The molecule has 2 N–H and O–H groups in total. The van der Waals surface area contributed by atoms with Gasteiger partial charge in [-0.15, -0.1) is 11.8 Å². The molecule has 0 saturated carbocycles. The third-order valence-corrected chi connectivity index (χ3v) is 8.65. The highest BCUT2D eigenvalue weighted by Crippen LogP contribution is 2.37. The molecule has 1 fully saturated rings. The van der Waals surface area contributed by atoms with Crippen molar-refractivity contribution in [1.29, 1.82) is 0 Å². The molecule has 1 saturated heterocycles. The maximum absolute atomic E-state index is 12.0. The van der Waals surface area contributed by atoms with Crippen LogP contribution in [0.4, 0.5) is 0 Å². The number of methoxy groups -OCH3 is 1. The summed E-state index contributed by atoms with van der Waals surface area (Å²) in [5.41, 5.74) is 1.36. The fourth-order valence-corrected chi connectivity index (χ4v) is 6.74. The van der Waals surface area contributed by atoms with E-state index in [4.69, 9.17) is 16.3 Å². The number of fused-ring (bicyclic) bond motifs is 1. The summed E-state index contributed by atoms with van der Waals surface area (Å²) >= 11 is 9.93. The number of aromatic nitrogens is 1. The van der Waals surface area contributed by atoms with Gasteiger partial charge in [0.15, 0.2) is 0 Å². The quantitative estimate of drug-likeness (QED) is 0.337. The van der Waals surface area contributed by atoms with E-state index in [2.05, 4.69) is 26.7 Å². The van der Waals surface area contributed by atoms with Gasteiger partial charge in [-0.2, -0.15) is 11.3 Å². The van der Waals surface area contributed by atoms with Crippen LogP contribution in [-0.4, -0.2) is 58.6 Å². The lowest BCUT2D eigenvalue weighted by atomic mass is 9.81. The first-order valence-corrected chi connectivity index (χ1v) is 13.7. The normalized spacial score (nSPS) is 19.9. The molecule has 1 aliphatic rings. The first-order valence-electron chi connectivity index (χ1n) is 11.4. The number of piperidine rings is 1. The number of hydrogen-bond acceptors (Lipinski definition) is 7. The number of thiophene rings is 1. The average molecular weight is 521 g/mol. The smallest absolute Gasteiger partial charge is 0.308 e. The summed E-state index contributed by atoms with van der Waals surface area (Å²) in [4.78, 5) is 19.9. The Morgan fingerprint density at radius 2 is 2.26 bits per heavy atom. The van der Waals surface area contributed by atoms with Crippen LogP contribution in [0.1, 0.15) is 30.9 Å². The average Bonchev–Trinajstić information content (AvgIpc) is 3.36. The van der Waals surface area contributed by atoms with Gasteiger partial charge < -0.3 is 19.8 Å². The third kappa shape index (κ3) is 6.04. The fraction of sp³-hybridized carbons (Fsp3) is 0.440. The van der Waals surface area contributed by atoms with Crippen molar-refractivity contribution in [2.75, 3.05) is 32.5 Å². The third-order valence-electron chi connectivity index (χ3n) is 6.54. The SMILES string of the molecule is COc1ccc2ncc(Cl)c([C@H](O)CCC3CCN(CCSc4ccsc4)CC3C(=O)O)c2c1. The van der Waals surface area contributed by atoms with Crippen molar-refractivity contribution in [3.05, 3.63) is 51.8 Å². The number of hydrogen-bond donors (Lipinski definition) is 2. The molecular weight excluding hydrogens is 492 g/mol. The summed E-state index contributed by atoms with van der Waals surface area (Å²) in [6.45, 7) is 2.31. The molecule has 3 aromatic rings. The number of nitrogens with zero attached hydrogens (tertiary/aromatic N) is 2. The topological polar surface area (TPSA) is 82.9 Å². The second-order valence-corrected chi connectivity index (χ2v) is 11.0. The number of thioether (sulfide) groups is 1. The Morgan fingerprint density at radius 3 is 3.00 bits per heavy atom. The molecular formula is C25H29ClN2O4S2. The number of pyridine rings is 1. The van der Waals surface area contributed by atoms with Crippen molar-refractivity contribution in [2.45, 2.75) is 30.3 Å². The minimum atomic E-state index is -0.806. The van der Waals surface area contributed by atoms with Crippen molar-refractivity contribution in [2.24, 2.45) is 11.8 Å². The number of aliphatic carboxylic acids is 1. The van der Waals surface area contributed by atoms with Crippen molar-refractivity contribution in [3.63, 3.8) is 0 Å². The number of rotatable bonds is 10. The second-order valence-electron chi connectivity index (χ2n) is 8.60. The van der Waals surface area contributed by atoms with E-state index < -0.39 is 18.0 Å². The lowest BCUT2D eigenvalue weighted by molar-refractivity contribution is -0.146. The van der Waals surface area contributed by atoms with E-state index in [0.717, 1.165) is 36.2 Å². The Balaban J connectivity index is 1.38. The number of benzene rings is 1. The molecule has 2 aromatic heterocycles. The number of aliphatic hydroxyl groups excluding tert-OH is 1. The Kier molecular flexibility index (Phi) is 8.71. The molecule has 3 atom stereocenters. The first kappa shape index (κ1) is 25.3. The molecule has 2 unspecified atom stereocenters. The van der Waals surface area contributed by atoms with E-state index in [1.54, 1.807) is 24.6 Å². The zero-order valence-electron chi connectivity index (χ0n) is 19.0. The zero-order valence-corrected chi connectivity index (χ0v) is 21.4. The molecule has 0 amide bonds. The highest BCUT2D eigenvalue weighted by Gasteiger charge is 2.34. The van der Waals surface area contributed by atoms with Gasteiger partial charge in [0, 0.05) is 46.3 Å². The van der Waals surface area contributed by atoms with E-state index in [-0.39, 0.29) is 5.92 Å². The summed E-state index contributed by atoms with van der Waals surface area (Å²) in [5, 5.41) is 26.3. The minimum absolute atomic E-state index is 0.0225. The standard InChI is InChI=1S/C25H29ClN2O4S2/c1-32-17-3-4-22-19(12-17)24(21(26)13-27-22)23(29)5-2-16-6-8-28(14-20(16)25(30)31)9-11-34-18-7-10-33-15-18/h3-4,7,10,12-13,15-16,20,23,29H,2,5-6,8-9,11,14H2,1H3,(H,30,31)/t16?,20?,23-/m1/s1. The van der Waals surface area contributed by atoms with Gasteiger partial charge in [0.1, 0.15) is 5.75 Å². The van der Waals surface area contributed by atoms with Crippen molar-refractivity contribution in [3.8, 4) is 5.75 Å². The maximum Gasteiger partial charge on any atom is 0.308 e. The highest BCUT2D eigenvalue weighted by molar-refractivity contribution is 7.99. The van der Waals surface area contributed by atoms with Gasteiger partial charge in [0.2, 0.25) is 0 Å². The van der Waals surface area contributed by atoms with Crippen LogP contribution in [0.5, 0.6) is 5.75 Å². The molecule has 182 valence electrons. The van der Waals surface area contributed by atoms with E-state index in [1.807, 2.05) is 30.0 Å². The molecule has 6 nitrogen and oxygen atoms in total. The van der Waals surface area contributed by atoms with Gasteiger partial charge in [-0.3, -0.25) is 9.78 Å². The summed E-state index contributed by atoms with van der Waals surface area (Å²) < 4.78 is 5.33. The molecule has 34 heavy (non-hydrogen) atoms. The van der Waals surface area contributed by atoms with Gasteiger partial charge in [0.25, 0.3) is 0 Å². The Labute approximate surface area is 212 Å². The predicted molar refractivity (Wildman–Crippen MR) is 138 cm³/mol. The van der Waals surface area contributed by atoms with Crippen LogP contribution >= 0.6 is 34.7 Å². The largest absolute Gasteiger partial charge is 0.497 e. The van der Waals surface area contributed by atoms with Crippen LogP contribution in [0.25, 0.3) is 10.9 Å². The number of ether oxygens (including phenoxy) is 1. The maximum atomic E-state index is 12.0. The first-order chi connectivity index (χ1) is 16.5. The zero-order chi connectivity index (χ0) is 24.1. The number of aliphatic hydroxyl groups is 1. The molecule has 0 radical (unpaired) electrons. The monoisotopic (exact) mass is 520 g/mol. The molecule has 0 bridgehead atoms. The van der Waals surface area contributed by atoms with Gasteiger partial charge >= 0.3 is 5.97 Å². The molecule has 1 aliphatic heterocycles. The number of carbonyl (C=O) groups is 1. The fourth-order valence-electron chi connectivity index (χ4n) is 4.67. The van der Waals surface area contributed by atoms with E-state index in [1.165, 1.54) is 4.90 Å². The van der Waals surface area contributed by atoms with Gasteiger partial charge in [0.05, 0.1) is 29.7 Å². The predicted octanol–water partition coefficient (Wildman–Crippen LogP) is 5.59. The summed E-state index contributed by atoms with van der Waals surface area (Å²) in [7, 11) is 1.59. The lowest BCUT2D eigenvalue weighted by Crippen LogP contribution is -2.44. The number of carboxylic acid groups (broad SMARTS) is 1. The summed E-state index contributed by atoms with van der Waals surface area (Å²) in [5.74, 6) is 0.447. The molecule has 3 heterocycles. The summed E-state index contributed by atoms with van der Waals surface area (Å²) in [6.07, 6.45) is 2.63. The van der Waals surface area contributed by atoms with Gasteiger partial charge in [-0.25, -0.2) is 0 Å². The van der Waals surface area contributed by atoms with Crippen LogP contribution in [-0.2, 0) is 4.79 Å². The molecule has 4 rings (SSSR count). The van der Waals surface area contributed by atoms with E-state index in [9.17, 15) is 15.0 Å². The number of halogens is 1. The molecule has 0 aliphatic carbocycles. The van der Waals surface area contributed by atoms with E-state index >= 15 is 0 Å². The molecule has 0 spiro atoms. The van der Waals surface area contributed by atoms with Crippen LogP contribution in [0, 0.1) is 11.8 Å². The minimum Gasteiger partial charge on any atom is -0.497 e. The van der Waals surface area contributed by atoms with Crippen molar-refractivity contribution in [1.82, 2.24) is 9.88 Å². The van der Waals surface area contributed by atoms with Gasteiger partial charge in [-0.1, -0.05) is 11.6 Å². The lowest BCUT2D eigenvalue weighted by Gasteiger charge is -2.37. The van der Waals surface area contributed by atoms with Crippen molar-refractivity contribution >= 4 is 51.6 Å². The second kappa shape index (κ2) is 11.7. The molecule has 1 aromatic carbocycles. The Hall–Kier alpha value is -1.84.